The van der Waals surface area contributed by atoms with Gasteiger partial charge in [0.1, 0.15) is 0 Å². The van der Waals surface area contributed by atoms with E-state index in [9.17, 15) is 4.79 Å². The number of hydrogen-bond acceptors (Lipinski definition) is 5. The lowest BCUT2D eigenvalue weighted by molar-refractivity contribution is -0.143. The molecule has 0 unspecified atom stereocenters. The average Bonchev–Trinajstić information content (AvgIpc) is 3.25. The first-order valence-corrected chi connectivity index (χ1v) is 11.0. The zero-order valence-corrected chi connectivity index (χ0v) is 18.1. The summed E-state index contributed by atoms with van der Waals surface area (Å²) in [4.78, 5) is 18.0. The van der Waals surface area contributed by atoms with Gasteiger partial charge in [0.25, 0.3) is 5.89 Å². The van der Waals surface area contributed by atoms with Crippen LogP contribution in [-0.2, 0) is 17.8 Å². The molecule has 1 aliphatic heterocycles. The third-order valence-corrected chi connectivity index (χ3v) is 5.83. The van der Waals surface area contributed by atoms with Crippen molar-refractivity contribution in [3.8, 4) is 22.8 Å². The molecule has 1 aromatic heterocycles. The van der Waals surface area contributed by atoms with Crippen molar-refractivity contribution >= 4 is 5.97 Å². The van der Waals surface area contributed by atoms with Crippen LogP contribution in [0.15, 0.2) is 53.1 Å². The molecule has 0 amide bonds. The average molecular weight is 420 g/mol. The van der Waals surface area contributed by atoms with Crippen LogP contribution in [0.2, 0.25) is 0 Å². The van der Waals surface area contributed by atoms with Crippen molar-refractivity contribution < 1.29 is 14.4 Å². The number of aromatic nitrogens is 2. The molecule has 0 saturated carbocycles. The number of aliphatic carboxylic acids is 1. The third kappa shape index (κ3) is 5.39. The van der Waals surface area contributed by atoms with Gasteiger partial charge in [-0.05, 0) is 61.5 Å². The normalized spacial score (nSPS) is 15.5. The fourth-order valence-electron chi connectivity index (χ4n) is 4.07. The molecule has 2 aromatic carbocycles. The number of likely N-dealkylation sites (tertiary alicyclic amines) is 1. The maximum absolute atomic E-state index is 11.1. The Hall–Kier alpha value is -2.99. The first-order chi connectivity index (χ1) is 15.0. The molecule has 1 N–H and O–H groups in total. The van der Waals surface area contributed by atoms with Crippen molar-refractivity contribution in [1.82, 2.24) is 15.0 Å². The van der Waals surface area contributed by atoms with E-state index in [0.717, 1.165) is 50.0 Å². The molecule has 6 nitrogen and oxygen atoms in total. The van der Waals surface area contributed by atoms with Gasteiger partial charge in [-0.15, -0.1) is 0 Å². The molecule has 3 aromatic rings. The highest BCUT2D eigenvalue weighted by Crippen LogP contribution is 2.24. The molecule has 31 heavy (non-hydrogen) atoms. The van der Waals surface area contributed by atoms with E-state index in [0.29, 0.717) is 17.6 Å². The van der Waals surface area contributed by atoms with Gasteiger partial charge < -0.3 is 9.63 Å². The molecule has 0 bridgehead atoms. The summed E-state index contributed by atoms with van der Waals surface area (Å²) in [6, 6.07) is 16.5. The number of carbonyl (C=O) groups is 1. The van der Waals surface area contributed by atoms with Crippen LogP contribution in [0.25, 0.3) is 22.8 Å². The van der Waals surface area contributed by atoms with Gasteiger partial charge in [0.05, 0.1) is 5.92 Å². The zero-order valence-electron chi connectivity index (χ0n) is 18.1. The zero-order chi connectivity index (χ0) is 21.8. The minimum Gasteiger partial charge on any atom is -0.481 e. The molecule has 4 rings (SSSR count). The number of rotatable bonds is 7. The quantitative estimate of drug-likeness (QED) is 0.587. The molecule has 6 heteroatoms. The summed E-state index contributed by atoms with van der Waals surface area (Å²) in [5.41, 5.74) is 4.34. The highest BCUT2D eigenvalue weighted by molar-refractivity contribution is 5.70. The molecule has 0 atom stereocenters. The number of piperidine rings is 1. The van der Waals surface area contributed by atoms with Crippen LogP contribution in [0.3, 0.4) is 0 Å². The van der Waals surface area contributed by atoms with Gasteiger partial charge in [-0.2, -0.15) is 4.98 Å². The first-order valence-electron chi connectivity index (χ1n) is 11.0. The van der Waals surface area contributed by atoms with E-state index in [1.54, 1.807) is 0 Å². The number of hydrogen-bond donors (Lipinski definition) is 1. The van der Waals surface area contributed by atoms with Crippen LogP contribution >= 0.6 is 0 Å². The Kier molecular flexibility index (Phi) is 6.47. The van der Waals surface area contributed by atoms with Gasteiger partial charge in [0, 0.05) is 17.7 Å². The molecular weight excluding hydrogens is 390 g/mol. The Bertz CT molecular complexity index is 1000. The summed E-state index contributed by atoms with van der Waals surface area (Å²) < 4.78 is 5.49. The van der Waals surface area contributed by atoms with Crippen molar-refractivity contribution in [2.75, 3.05) is 13.1 Å². The number of carboxylic acid groups (broad SMARTS) is 1. The summed E-state index contributed by atoms with van der Waals surface area (Å²) in [6.45, 7) is 6.90. The molecule has 1 fully saturated rings. The van der Waals surface area contributed by atoms with Gasteiger partial charge >= 0.3 is 5.97 Å². The van der Waals surface area contributed by atoms with Crippen LogP contribution < -0.4 is 0 Å². The fourth-order valence-corrected chi connectivity index (χ4v) is 4.07. The van der Waals surface area contributed by atoms with E-state index in [4.69, 9.17) is 9.63 Å². The summed E-state index contributed by atoms with van der Waals surface area (Å²) in [7, 11) is 0. The smallest absolute Gasteiger partial charge is 0.306 e. The maximum atomic E-state index is 11.1. The Morgan fingerprint density at radius 2 is 1.65 bits per heavy atom. The molecule has 2 heterocycles. The minimum absolute atomic E-state index is 0.197. The lowest BCUT2D eigenvalue weighted by atomic mass is 9.97. The lowest BCUT2D eigenvalue weighted by Crippen LogP contribution is -2.35. The van der Waals surface area contributed by atoms with Crippen LogP contribution in [0.1, 0.15) is 37.8 Å². The van der Waals surface area contributed by atoms with Crippen molar-refractivity contribution in [2.24, 2.45) is 11.8 Å². The number of carboxylic acids is 1. The van der Waals surface area contributed by atoms with E-state index in [2.05, 4.69) is 53.2 Å². The monoisotopic (exact) mass is 419 g/mol. The topological polar surface area (TPSA) is 79.5 Å². The SMILES string of the molecule is CC(C)Cc1ccc(-c2nc(-c3ccc(CN4CCC(C(=O)O)CC4)cc3)no2)cc1. The summed E-state index contributed by atoms with van der Waals surface area (Å²) in [5.74, 6) is 0.861. The maximum Gasteiger partial charge on any atom is 0.306 e. The van der Waals surface area contributed by atoms with Crippen molar-refractivity contribution in [2.45, 2.75) is 39.7 Å². The standard InChI is InChI=1S/C25H29N3O3/c1-17(2)15-18-3-9-21(10-4-18)24-26-23(27-31-24)20-7-5-19(6-8-20)16-28-13-11-22(12-14-28)25(29)30/h3-10,17,22H,11-16H2,1-2H3,(H,29,30). The summed E-state index contributed by atoms with van der Waals surface area (Å²) in [5, 5.41) is 13.3. The van der Waals surface area contributed by atoms with Gasteiger partial charge in [-0.1, -0.05) is 55.4 Å². The van der Waals surface area contributed by atoms with E-state index >= 15 is 0 Å². The molecule has 0 spiro atoms. The molecular formula is C25H29N3O3. The number of nitrogens with zero attached hydrogens (tertiary/aromatic N) is 3. The molecule has 0 radical (unpaired) electrons. The predicted molar refractivity (Wildman–Crippen MR) is 119 cm³/mol. The van der Waals surface area contributed by atoms with Crippen LogP contribution in [0.4, 0.5) is 0 Å². The Morgan fingerprint density at radius 1 is 1.03 bits per heavy atom. The Balaban J connectivity index is 1.37. The van der Waals surface area contributed by atoms with Gasteiger partial charge in [-0.3, -0.25) is 9.69 Å². The van der Waals surface area contributed by atoms with Crippen molar-refractivity contribution in [3.63, 3.8) is 0 Å². The largest absolute Gasteiger partial charge is 0.481 e. The second-order valence-corrected chi connectivity index (χ2v) is 8.80. The van der Waals surface area contributed by atoms with Gasteiger partial charge in [0.2, 0.25) is 5.82 Å². The highest BCUT2D eigenvalue weighted by atomic mass is 16.5. The molecule has 1 saturated heterocycles. The highest BCUT2D eigenvalue weighted by Gasteiger charge is 2.24. The van der Waals surface area contributed by atoms with Gasteiger partial charge in [-0.25, -0.2) is 0 Å². The van der Waals surface area contributed by atoms with E-state index in [-0.39, 0.29) is 5.92 Å². The van der Waals surface area contributed by atoms with Crippen molar-refractivity contribution in [1.29, 1.82) is 0 Å². The third-order valence-electron chi connectivity index (χ3n) is 5.83. The molecule has 0 aliphatic carbocycles. The summed E-state index contributed by atoms with van der Waals surface area (Å²) in [6.07, 6.45) is 2.49. The van der Waals surface area contributed by atoms with Crippen LogP contribution in [-0.4, -0.2) is 39.2 Å². The lowest BCUT2D eigenvalue weighted by Gasteiger charge is -2.30. The summed E-state index contributed by atoms with van der Waals surface area (Å²) >= 11 is 0. The fraction of sp³-hybridized carbons (Fsp3) is 0.400. The second kappa shape index (κ2) is 9.43. The van der Waals surface area contributed by atoms with Crippen LogP contribution in [0.5, 0.6) is 0 Å². The second-order valence-electron chi connectivity index (χ2n) is 8.80. The van der Waals surface area contributed by atoms with Crippen LogP contribution in [0, 0.1) is 11.8 Å². The van der Waals surface area contributed by atoms with Crippen molar-refractivity contribution in [3.05, 3.63) is 59.7 Å². The molecule has 1 aliphatic rings. The number of benzene rings is 2. The minimum atomic E-state index is -0.671. The van der Waals surface area contributed by atoms with E-state index in [1.165, 1.54) is 11.1 Å². The first kappa shape index (κ1) is 21.2. The van der Waals surface area contributed by atoms with Gasteiger partial charge in [0.15, 0.2) is 0 Å². The van der Waals surface area contributed by atoms with E-state index < -0.39 is 5.97 Å². The molecule has 162 valence electrons. The Labute approximate surface area is 182 Å². The Morgan fingerprint density at radius 3 is 2.26 bits per heavy atom. The predicted octanol–water partition coefficient (Wildman–Crippen LogP) is 4.90. The van der Waals surface area contributed by atoms with E-state index in [1.807, 2.05) is 24.3 Å².